The van der Waals surface area contributed by atoms with Gasteiger partial charge in [0.05, 0.1) is 11.2 Å². The minimum atomic E-state index is -0.0337. The van der Waals surface area contributed by atoms with Crippen LogP contribution in [0.1, 0.15) is 31.9 Å². The van der Waals surface area contributed by atoms with E-state index < -0.39 is 0 Å². The summed E-state index contributed by atoms with van der Waals surface area (Å²) < 4.78 is 1.89. The third kappa shape index (κ3) is 3.17. The first-order chi connectivity index (χ1) is 10.5. The number of hydrogen-bond donors (Lipinski definition) is 1. The highest BCUT2D eigenvalue weighted by molar-refractivity contribution is 7.81. The van der Waals surface area contributed by atoms with Crippen molar-refractivity contribution in [2.24, 2.45) is 0 Å². The first kappa shape index (κ1) is 15.1. The lowest BCUT2D eigenvalue weighted by Crippen LogP contribution is -2.14. The average molecular weight is 311 g/mol. The van der Waals surface area contributed by atoms with Crippen molar-refractivity contribution in [3.63, 3.8) is 0 Å². The fourth-order valence-electron chi connectivity index (χ4n) is 2.73. The molecule has 0 aliphatic rings. The maximum Gasteiger partial charge on any atom is 0.113 e. The van der Waals surface area contributed by atoms with Gasteiger partial charge in [0.1, 0.15) is 5.52 Å². The van der Waals surface area contributed by atoms with Gasteiger partial charge in [-0.2, -0.15) is 12.6 Å². The summed E-state index contributed by atoms with van der Waals surface area (Å²) in [7, 11) is 0. The Labute approximate surface area is 136 Å². The van der Waals surface area contributed by atoms with Crippen molar-refractivity contribution < 1.29 is 0 Å². The summed E-state index contributed by atoms with van der Waals surface area (Å²) in [4.78, 5) is 0. The van der Waals surface area contributed by atoms with Crippen molar-refractivity contribution in [1.82, 2.24) is 15.0 Å². The van der Waals surface area contributed by atoms with Crippen LogP contribution in [0.4, 0.5) is 0 Å². The highest BCUT2D eigenvalue weighted by atomic mass is 32.1. The van der Waals surface area contributed by atoms with Crippen molar-refractivity contribution in [1.29, 1.82) is 0 Å². The van der Waals surface area contributed by atoms with Gasteiger partial charge in [-0.15, -0.1) is 5.10 Å². The predicted octanol–water partition coefficient (Wildman–Crippen LogP) is 4.23. The van der Waals surface area contributed by atoms with Crippen LogP contribution >= 0.6 is 12.6 Å². The summed E-state index contributed by atoms with van der Waals surface area (Å²) >= 11 is 4.66. The van der Waals surface area contributed by atoms with Crippen molar-refractivity contribution in [2.45, 2.75) is 38.4 Å². The van der Waals surface area contributed by atoms with Crippen LogP contribution in [0.25, 0.3) is 16.7 Å². The fraction of sp³-hybridized carbons (Fsp3) is 0.333. The molecule has 3 aromatic rings. The van der Waals surface area contributed by atoms with Crippen LogP contribution in [0.2, 0.25) is 0 Å². The van der Waals surface area contributed by atoms with Crippen LogP contribution in [-0.2, 0) is 12.8 Å². The molecule has 0 unspecified atom stereocenters. The first-order valence-electron chi connectivity index (χ1n) is 7.62. The van der Waals surface area contributed by atoms with Crippen LogP contribution in [0, 0.1) is 0 Å². The number of rotatable bonds is 4. The lowest BCUT2D eigenvalue weighted by Gasteiger charge is -2.18. The van der Waals surface area contributed by atoms with Crippen molar-refractivity contribution in [2.75, 3.05) is 0 Å². The Morgan fingerprint density at radius 1 is 1.09 bits per heavy atom. The third-order valence-corrected chi connectivity index (χ3v) is 3.84. The van der Waals surface area contributed by atoms with E-state index in [0.717, 1.165) is 29.6 Å². The van der Waals surface area contributed by atoms with Gasteiger partial charge >= 0.3 is 0 Å². The minimum Gasteiger partial charge on any atom is -0.213 e. The summed E-state index contributed by atoms with van der Waals surface area (Å²) in [6.45, 7) is 6.45. The molecule has 114 valence electrons. The second-order valence-corrected chi connectivity index (χ2v) is 7.55. The Kier molecular flexibility index (Phi) is 3.96. The SMILES string of the molecule is CCc1cc(CC(C)(C)S)cc(-n2nnc3ccccc32)c1. The Bertz CT molecular complexity index is 799. The Morgan fingerprint density at radius 2 is 1.82 bits per heavy atom. The Balaban J connectivity index is 2.11. The molecule has 0 radical (unpaired) electrons. The van der Waals surface area contributed by atoms with Gasteiger partial charge in [0.25, 0.3) is 0 Å². The van der Waals surface area contributed by atoms with Gasteiger partial charge in [0.2, 0.25) is 0 Å². The summed E-state index contributed by atoms with van der Waals surface area (Å²) in [5.74, 6) is 0. The lowest BCUT2D eigenvalue weighted by atomic mass is 9.98. The average Bonchev–Trinajstić information content (AvgIpc) is 2.89. The van der Waals surface area contributed by atoms with Gasteiger partial charge in [-0.25, -0.2) is 4.68 Å². The van der Waals surface area contributed by atoms with Crippen LogP contribution in [0.3, 0.4) is 0 Å². The molecule has 0 saturated carbocycles. The fourth-order valence-corrected chi connectivity index (χ4v) is 2.91. The summed E-state index contributed by atoms with van der Waals surface area (Å²) in [5.41, 5.74) is 5.62. The van der Waals surface area contributed by atoms with Gasteiger partial charge in [-0.1, -0.05) is 44.2 Å². The third-order valence-electron chi connectivity index (χ3n) is 3.68. The first-order valence-corrected chi connectivity index (χ1v) is 8.07. The van der Waals surface area contributed by atoms with Crippen molar-refractivity contribution in [3.05, 3.63) is 53.6 Å². The molecule has 0 amide bonds. The molecule has 0 N–H and O–H groups in total. The van der Waals surface area contributed by atoms with E-state index in [-0.39, 0.29) is 4.75 Å². The van der Waals surface area contributed by atoms with Crippen molar-refractivity contribution in [3.8, 4) is 5.69 Å². The molecule has 0 saturated heterocycles. The number of aryl methyl sites for hydroxylation is 1. The Hall–Kier alpha value is -1.81. The molecule has 3 nitrogen and oxygen atoms in total. The normalized spacial score (nSPS) is 12.0. The van der Waals surface area contributed by atoms with Crippen LogP contribution in [0.15, 0.2) is 42.5 Å². The largest absolute Gasteiger partial charge is 0.213 e. The van der Waals surface area contributed by atoms with Gasteiger partial charge in [0, 0.05) is 4.75 Å². The highest BCUT2D eigenvalue weighted by Crippen LogP contribution is 2.24. The molecular weight excluding hydrogens is 290 g/mol. The summed E-state index contributed by atoms with van der Waals surface area (Å²) in [6, 6.07) is 14.7. The van der Waals surface area contributed by atoms with E-state index in [4.69, 9.17) is 0 Å². The topological polar surface area (TPSA) is 30.7 Å². The van der Waals surface area contributed by atoms with E-state index in [0.29, 0.717) is 0 Å². The van der Waals surface area contributed by atoms with E-state index in [9.17, 15) is 0 Å². The molecule has 0 atom stereocenters. The van der Waals surface area contributed by atoms with E-state index in [1.165, 1.54) is 11.1 Å². The molecule has 1 aromatic heterocycles. The van der Waals surface area contributed by atoms with Gasteiger partial charge in [-0.3, -0.25) is 0 Å². The number of fused-ring (bicyclic) bond motifs is 1. The summed E-state index contributed by atoms with van der Waals surface area (Å²) in [6.07, 6.45) is 1.92. The number of benzene rings is 2. The number of nitrogens with zero attached hydrogens (tertiary/aromatic N) is 3. The molecular formula is C18H21N3S. The molecule has 3 rings (SSSR count). The lowest BCUT2D eigenvalue weighted by molar-refractivity contribution is 0.712. The molecule has 0 spiro atoms. The minimum absolute atomic E-state index is 0.0337. The number of para-hydroxylation sites is 1. The monoisotopic (exact) mass is 311 g/mol. The maximum atomic E-state index is 4.66. The maximum absolute atomic E-state index is 4.66. The van der Waals surface area contributed by atoms with Crippen LogP contribution in [-0.4, -0.2) is 19.7 Å². The molecule has 0 aliphatic heterocycles. The van der Waals surface area contributed by atoms with Gasteiger partial charge in [-0.05, 0) is 48.2 Å². The zero-order valence-corrected chi connectivity index (χ0v) is 14.1. The zero-order chi connectivity index (χ0) is 15.7. The van der Waals surface area contributed by atoms with E-state index in [2.05, 4.69) is 68.0 Å². The standard InChI is InChI=1S/C18H21N3S/c1-4-13-9-14(12-18(2,3)22)11-15(10-13)21-17-8-6-5-7-16(17)19-20-21/h5-11,22H,4,12H2,1-3H3. The van der Waals surface area contributed by atoms with Crippen LogP contribution in [0.5, 0.6) is 0 Å². The highest BCUT2D eigenvalue weighted by Gasteiger charge is 2.14. The summed E-state index contributed by atoms with van der Waals surface area (Å²) in [5, 5.41) is 8.58. The second kappa shape index (κ2) is 5.76. The zero-order valence-electron chi connectivity index (χ0n) is 13.2. The quantitative estimate of drug-likeness (QED) is 0.731. The second-order valence-electron chi connectivity index (χ2n) is 6.34. The van der Waals surface area contributed by atoms with Gasteiger partial charge in [0.15, 0.2) is 0 Å². The van der Waals surface area contributed by atoms with Gasteiger partial charge < -0.3 is 0 Å². The number of hydrogen-bond acceptors (Lipinski definition) is 3. The molecule has 0 fully saturated rings. The molecule has 22 heavy (non-hydrogen) atoms. The molecule has 2 aromatic carbocycles. The molecule has 1 heterocycles. The molecule has 4 heteroatoms. The predicted molar refractivity (Wildman–Crippen MR) is 95.0 cm³/mol. The van der Waals surface area contributed by atoms with E-state index in [1.807, 2.05) is 22.9 Å². The number of aromatic nitrogens is 3. The van der Waals surface area contributed by atoms with Crippen LogP contribution < -0.4 is 0 Å². The molecule has 0 aliphatic carbocycles. The number of thiol groups is 1. The molecule has 0 bridgehead atoms. The van der Waals surface area contributed by atoms with E-state index in [1.54, 1.807) is 0 Å². The Morgan fingerprint density at radius 3 is 2.55 bits per heavy atom. The smallest absolute Gasteiger partial charge is 0.113 e. The van der Waals surface area contributed by atoms with Crippen molar-refractivity contribution >= 4 is 23.7 Å². The van der Waals surface area contributed by atoms with E-state index >= 15 is 0 Å².